The maximum atomic E-state index is 10.8. The van der Waals surface area contributed by atoms with Crippen LogP contribution in [0.15, 0.2) is 0 Å². The van der Waals surface area contributed by atoms with E-state index in [4.69, 9.17) is 4.74 Å². The van der Waals surface area contributed by atoms with Gasteiger partial charge in [0.2, 0.25) is 0 Å². The summed E-state index contributed by atoms with van der Waals surface area (Å²) in [4.78, 5) is 10.8. The third-order valence-electron chi connectivity index (χ3n) is 4.72. The van der Waals surface area contributed by atoms with E-state index in [0.717, 1.165) is 11.0 Å². The van der Waals surface area contributed by atoms with Gasteiger partial charge in [0, 0.05) is 6.92 Å². The molecule has 114 valence electrons. The minimum atomic E-state index is -0.962. The van der Waals surface area contributed by atoms with Crippen LogP contribution in [0.2, 0.25) is 24.2 Å². The second-order valence-corrected chi connectivity index (χ2v) is 12.0. The third-order valence-corrected chi connectivity index (χ3v) is 10.6. The molecular weight excluding hydrogens is 254 g/mol. The first-order chi connectivity index (χ1) is 8.81. The lowest BCUT2D eigenvalue weighted by atomic mass is 10.3. The van der Waals surface area contributed by atoms with Gasteiger partial charge in [-0.3, -0.25) is 4.79 Å². The fourth-order valence-corrected chi connectivity index (χ4v) is 6.18. The van der Waals surface area contributed by atoms with Crippen molar-refractivity contribution >= 4 is 14.0 Å². The lowest BCUT2D eigenvalue weighted by Crippen LogP contribution is -2.44. The van der Waals surface area contributed by atoms with Gasteiger partial charge in [0.1, 0.15) is 13.2 Å². The summed E-state index contributed by atoms with van der Waals surface area (Å²) in [6, 6.07) is 5.70. The second kappa shape index (κ2) is 8.75. The van der Waals surface area contributed by atoms with Crippen molar-refractivity contribution in [1.82, 2.24) is 0 Å². The molecule has 0 unspecified atom stereocenters. The van der Waals surface area contributed by atoms with E-state index >= 15 is 0 Å². The van der Waals surface area contributed by atoms with Crippen molar-refractivity contribution in [3.8, 4) is 0 Å². The molecule has 0 saturated heterocycles. The lowest BCUT2D eigenvalue weighted by Gasteiger charge is -2.33. The topological polar surface area (TPSA) is 26.3 Å². The number of hydrogen-bond acceptors (Lipinski definition) is 2. The van der Waals surface area contributed by atoms with Gasteiger partial charge in [-0.05, 0) is 6.42 Å². The molecular formula is C15H34NO2Si+. The van der Waals surface area contributed by atoms with Crippen LogP contribution in [0.5, 0.6) is 0 Å². The van der Waals surface area contributed by atoms with E-state index in [1.165, 1.54) is 44.1 Å². The van der Waals surface area contributed by atoms with Gasteiger partial charge in [0.05, 0.1) is 28.7 Å². The van der Waals surface area contributed by atoms with Gasteiger partial charge in [-0.2, -0.15) is 0 Å². The zero-order valence-corrected chi connectivity index (χ0v) is 14.9. The molecule has 0 bridgehead atoms. The molecule has 0 saturated carbocycles. The molecule has 0 aromatic carbocycles. The van der Waals surface area contributed by atoms with Crippen LogP contribution < -0.4 is 0 Å². The number of quaternary nitrogens is 1. The Labute approximate surface area is 120 Å². The van der Waals surface area contributed by atoms with E-state index < -0.39 is 8.07 Å². The molecule has 0 aromatic rings. The summed E-state index contributed by atoms with van der Waals surface area (Å²) in [6.45, 7) is 11.2. The predicted octanol–water partition coefficient (Wildman–Crippen LogP) is 3.52. The summed E-state index contributed by atoms with van der Waals surface area (Å²) < 4.78 is 6.00. The first kappa shape index (κ1) is 18.6. The van der Waals surface area contributed by atoms with Crippen molar-refractivity contribution in [3.63, 3.8) is 0 Å². The molecule has 3 nitrogen and oxygen atoms in total. The quantitative estimate of drug-likeness (QED) is 0.349. The summed E-state index contributed by atoms with van der Waals surface area (Å²) >= 11 is 0. The number of carbonyl (C=O) groups excluding carboxylic acids is 1. The van der Waals surface area contributed by atoms with Crippen LogP contribution in [-0.4, -0.2) is 52.3 Å². The molecule has 0 radical (unpaired) electrons. The van der Waals surface area contributed by atoms with E-state index in [-0.39, 0.29) is 5.97 Å². The summed E-state index contributed by atoms with van der Waals surface area (Å²) in [7, 11) is 3.50. The van der Waals surface area contributed by atoms with Crippen LogP contribution in [0.3, 0.4) is 0 Å². The molecule has 0 aliphatic rings. The normalized spacial score (nSPS) is 12.5. The van der Waals surface area contributed by atoms with Gasteiger partial charge in [-0.15, -0.1) is 0 Å². The highest BCUT2D eigenvalue weighted by molar-refractivity contribution is 6.79. The van der Waals surface area contributed by atoms with Crippen LogP contribution in [0.4, 0.5) is 0 Å². The number of nitrogens with zero attached hydrogens (tertiary/aromatic N) is 1. The SMILES string of the molecule is CC[Si](CC)(CC)CCC[N+](C)(C)CCOC(C)=O. The Morgan fingerprint density at radius 1 is 1.05 bits per heavy atom. The smallest absolute Gasteiger partial charge is 0.302 e. The van der Waals surface area contributed by atoms with Crippen molar-refractivity contribution in [3.05, 3.63) is 0 Å². The molecule has 0 aliphatic carbocycles. The summed E-state index contributed by atoms with van der Waals surface area (Å²) in [5.41, 5.74) is 0. The monoisotopic (exact) mass is 288 g/mol. The fourth-order valence-electron chi connectivity index (χ4n) is 2.71. The van der Waals surface area contributed by atoms with Gasteiger partial charge in [0.25, 0.3) is 0 Å². The summed E-state index contributed by atoms with van der Waals surface area (Å²) in [6.07, 6.45) is 1.31. The van der Waals surface area contributed by atoms with Crippen LogP contribution in [-0.2, 0) is 9.53 Å². The summed E-state index contributed by atoms with van der Waals surface area (Å²) in [5.74, 6) is -0.172. The molecule has 0 spiro atoms. The zero-order valence-electron chi connectivity index (χ0n) is 13.9. The number of esters is 1. The largest absolute Gasteiger partial charge is 0.460 e. The average molecular weight is 289 g/mol. The minimum Gasteiger partial charge on any atom is -0.460 e. The van der Waals surface area contributed by atoms with Crippen molar-refractivity contribution in [2.75, 3.05) is 33.8 Å². The molecule has 0 aromatic heterocycles. The van der Waals surface area contributed by atoms with E-state index in [2.05, 4.69) is 34.9 Å². The van der Waals surface area contributed by atoms with Crippen LogP contribution in [0.1, 0.15) is 34.1 Å². The predicted molar refractivity (Wildman–Crippen MR) is 85.1 cm³/mol. The van der Waals surface area contributed by atoms with Gasteiger partial charge < -0.3 is 9.22 Å². The second-order valence-electron chi connectivity index (χ2n) is 6.39. The Kier molecular flexibility index (Phi) is 8.58. The molecule has 0 heterocycles. The van der Waals surface area contributed by atoms with Gasteiger partial charge >= 0.3 is 5.97 Å². The Bertz CT molecular complexity index is 255. The first-order valence-corrected chi connectivity index (χ1v) is 10.6. The number of rotatable bonds is 10. The minimum absolute atomic E-state index is 0.172. The van der Waals surface area contributed by atoms with Crippen molar-refractivity contribution in [2.24, 2.45) is 0 Å². The van der Waals surface area contributed by atoms with Gasteiger partial charge in [-0.1, -0.05) is 44.9 Å². The van der Waals surface area contributed by atoms with E-state index in [1.54, 1.807) is 0 Å². The molecule has 0 rings (SSSR count). The number of ether oxygens (including phenoxy) is 1. The Hall–Kier alpha value is -0.353. The first-order valence-electron chi connectivity index (χ1n) is 7.76. The molecule has 0 atom stereocenters. The van der Waals surface area contributed by atoms with Crippen molar-refractivity contribution < 1.29 is 14.0 Å². The van der Waals surface area contributed by atoms with Crippen LogP contribution >= 0.6 is 0 Å². The van der Waals surface area contributed by atoms with E-state index in [9.17, 15) is 4.79 Å². The number of hydrogen-bond donors (Lipinski definition) is 0. The third kappa shape index (κ3) is 7.73. The lowest BCUT2D eigenvalue weighted by molar-refractivity contribution is -0.890. The van der Waals surface area contributed by atoms with Crippen molar-refractivity contribution in [1.29, 1.82) is 0 Å². The van der Waals surface area contributed by atoms with Gasteiger partial charge in [0.15, 0.2) is 0 Å². The standard InChI is InChI=1S/C15H34NO2Si/c1-7-19(8-2,9-3)14-10-11-16(5,6)12-13-18-15(4)17/h7-14H2,1-6H3/q+1. The average Bonchev–Trinajstić information content (AvgIpc) is 2.34. The van der Waals surface area contributed by atoms with Crippen LogP contribution in [0, 0.1) is 0 Å². The maximum Gasteiger partial charge on any atom is 0.302 e. The van der Waals surface area contributed by atoms with E-state index in [1.807, 2.05) is 0 Å². The number of carbonyl (C=O) groups is 1. The van der Waals surface area contributed by atoms with E-state index in [0.29, 0.717) is 6.61 Å². The highest BCUT2D eigenvalue weighted by Gasteiger charge is 2.27. The molecule has 4 heteroatoms. The molecule has 0 N–H and O–H groups in total. The van der Waals surface area contributed by atoms with Crippen LogP contribution in [0.25, 0.3) is 0 Å². The highest BCUT2D eigenvalue weighted by atomic mass is 28.3. The van der Waals surface area contributed by atoms with Gasteiger partial charge in [-0.25, -0.2) is 0 Å². The molecule has 19 heavy (non-hydrogen) atoms. The van der Waals surface area contributed by atoms with Crippen molar-refractivity contribution in [2.45, 2.75) is 58.3 Å². The fraction of sp³-hybridized carbons (Fsp3) is 0.933. The number of likely N-dealkylation sites (N-methyl/N-ethyl adjacent to an activating group) is 1. The maximum absolute atomic E-state index is 10.8. The summed E-state index contributed by atoms with van der Waals surface area (Å²) in [5, 5.41) is 0. The Morgan fingerprint density at radius 3 is 2.00 bits per heavy atom. The highest BCUT2D eigenvalue weighted by Crippen LogP contribution is 2.26. The molecule has 0 aliphatic heterocycles. The molecule has 0 amide bonds. The Morgan fingerprint density at radius 2 is 1.58 bits per heavy atom. The molecule has 0 fully saturated rings. The zero-order chi connectivity index (χ0) is 14.9. The Balaban J connectivity index is 4.05.